The van der Waals surface area contributed by atoms with E-state index >= 15 is 0 Å². The quantitative estimate of drug-likeness (QED) is 0.740. The molecule has 1 heterocycles. The third-order valence-electron chi connectivity index (χ3n) is 4.87. The van der Waals surface area contributed by atoms with Crippen LogP contribution in [0.1, 0.15) is 44.9 Å². The molecule has 0 aromatic carbocycles. The fourth-order valence-electron chi connectivity index (χ4n) is 3.04. The molecule has 2 aliphatic carbocycles. The number of piperidine rings is 1. The van der Waals surface area contributed by atoms with Gasteiger partial charge in [0.25, 0.3) is 10.2 Å². The molecule has 0 bridgehead atoms. The zero-order valence-electron chi connectivity index (χ0n) is 12.2. The van der Waals surface area contributed by atoms with E-state index in [0.717, 1.165) is 19.4 Å². The highest BCUT2D eigenvalue weighted by Gasteiger charge is 2.31. The van der Waals surface area contributed by atoms with E-state index in [4.69, 9.17) is 0 Å². The van der Waals surface area contributed by atoms with Crippen molar-refractivity contribution in [1.82, 2.24) is 14.3 Å². The second-order valence-electron chi connectivity index (χ2n) is 6.70. The van der Waals surface area contributed by atoms with Crippen LogP contribution in [0.4, 0.5) is 0 Å². The van der Waals surface area contributed by atoms with Gasteiger partial charge in [-0.2, -0.15) is 12.7 Å². The highest BCUT2D eigenvalue weighted by molar-refractivity contribution is 7.87. The van der Waals surface area contributed by atoms with Crippen molar-refractivity contribution in [2.75, 3.05) is 26.2 Å². The summed E-state index contributed by atoms with van der Waals surface area (Å²) < 4.78 is 29.1. The van der Waals surface area contributed by atoms with E-state index in [0.29, 0.717) is 37.5 Å². The van der Waals surface area contributed by atoms with Crippen LogP contribution in [-0.4, -0.2) is 44.9 Å². The molecule has 1 atom stereocenters. The lowest BCUT2D eigenvalue weighted by atomic mass is 9.86. The van der Waals surface area contributed by atoms with Crippen LogP contribution in [0, 0.1) is 11.8 Å². The first kappa shape index (κ1) is 14.8. The Morgan fingerprint density at radius 1 is 0.950 bits per heavy atom. The topological polar surface area (TPSA) is 61.4 Å². The van der Waals surface area contributed by atoms with Gasteiger partial charge in [-0.3, -0.25) is 0 Å². The molecular weight excluding hydrogens is 274 g/mol. The smallest absolute Gasteiger partial charge is 0.279 e. The van der Waals surface area contributed by atoms with Crippen LogP contribution < -0.4 is 10.0 Å². The Morgan fingerprint density at radius 3 is 2.35 bits per heavy atom. The number of rotatable bonds is 7. The van der Waals surface area contributed by atoms with Gasteiger partial charge in [0, 0.05) is 25.7 Å². The van der Waals surface area contributed by atoms with Gasteiger partial charge in [-0.05, 0) is 56.9 Å². The zero-order chi connectivity index (χ0) is 14.0. The predicted molar refractivity (Wildman–Crippen MR) is 79.6 cm³/mol. The van der Waals surface area contributed by atoms with Crippen molar-refractivity contribution in [2.45, 2.75) is 51.0 Å². The molecule has 2 N–H and O–H groups in total. The van der Waals surface area contributed by atoms with Crippen molar-refractivity contribution in [2.24, 2.45) is 11.8 Å². The minimum absolute atomic E-state index is 0.477. The van der Waals surface area contributed by atoms with Gasteiger partial charge in [-0.1, -0.05) is 6.42 Å². The molecular formula is C14H27N3O2S. The average molecular weight is 301 g/mol. The van der Waals surface area contributed by atoms with Crippen molar-refractivity contribution in [3.63, 3.8) is 0 Å². The summed E-state index contributed by atoms with van der Waals surface area (Å²) in [6.07, 6.45) is 8.32. The highest BCUT2D eigenvalue weighted by atomic mass is 32.2. The highest BCUT2D eigenvalue weighted by Crippen LogP contribution is 2.26. The Labute approximate surface area is 122 Å². The van der Waals surface area contributed by atoms with Crippen LogP contribution in [0.5, 0.6) is 0 Å². The van der Waals surface area contributed by atoms with E-state index in [1.165, 1.54) is 32.1 Å². The first-order valence-corrected chi connectivity index (χ1v) is 9.55. The summed E-state index contributed by atoms with van der Waals surface area (Å²) in [4.78, 5) is 0. The predicted octanol–water partition coefficient (Wildman–Crippen LogP) is 1.08. The fraction of sp³-hybridized carbons (Fsp3) is 1.00. The third-order valence-corrected chi connectivity index (χ3v) is 6.42. The Morgan fingerprint density at radius 2 is 1.70 bits per heavy atom. The maximum Gasteiger partial charge on any atom is 0.279 e. The van der Waals surface area contributed by atoms with Crippen LogP contribution in [0.15, 0.2) is 0 Å². The first-order valence-electron chi connectivity index (χ1n) is 8.11. The number of hydrogen-bond donors (Lipinski definition) is 2. The van der Waals surface area contributed by atoms with Crippen LogP contribution >= 0.6 is 0 Å². The van der Waals surface area contributed by atoms with Gasteiger partial charge in [0.1, 0.15) is 0 Å². The van der Waals surface area contributed by atoms with E-state index < -0.39 is 10.2 Å². The maximum absolute atomic E-state index is 12.3. The minimum Gasteiger partial charge on any atom is -0.314 e. The molecule has 3 aliphatic rings. The zero-order valence-corrected chi connectivity index (χ0v) is 13.0. The van der Waals surface area contributed by atoms with Gasteiger partial charge in [0.05, 0.1) is 0 Å². The lowest BCUT2D eigenvalue weighted by Gasteiger charge is -2.33. The SMILES string of the molecule is O=S(=O)(NCC1CCC1)N1CCCC(CNC2CC2)C1. The van der Waals surface area contributed by atoms with E-state index in [9.17, 15) is 8.42 Å². The van der Waals surface area contributed by atoms with E-state index in [2.05, 4.69) is 10.0 Å². The van der Waals surface area contributed by atoms with Crippen LogP contribution in [0.25, 0.3) is 0 Å². The molecule has 6 heteroatoms. The lowest BCUT2D eigenvalue weighted by Crippen LogP contribution is -2.49. The second kappa shape index (κ2) is 6.30. The van der Waals surface area contributed by atoms with Crippen LogP contribution in [0.3, 0.4) is 0 Å². The van der Waals surface area contributed by atoms with Crippen molar-refractivity contribution in [3.05, 3.63) is 0 Å². The molecule has 0 radical (unpaired) electrons. The van der Waals surface area contributed by atoms with Crippen molar-refractivity contribution >= 4 is 10.2 Å². The van der Waals surface area contributed by atoms with Crippen molar-refractivity contribution in [1.29, 1.82) is 0 Å². The molecule has 1 unspecified atom stereocenters. The van der Waals surface area contributed by atoms with Gasteiger partial charge < -0.3 is 5.32 Å². The molecule has 2 saturated carbocycles. The standard InChI is InChI=1S/C14H27N3O2S/c18-20(19,16-10-12-3-1-4-12)17-8-2-5-13(11-17)9-15-14-6-7-14/h12-16H,1-11H2. The van der Waals surface area contributed by atoms with Gasteiger partial charge in [0.15, 0.2) is 0 Å². The first-order chi connectivity index (χ1) is 9.63. The van der Waals surface area contributed by atoms with Gasteiger partial charge >= 0.3 is 0 Å². The summed E-state index contributed by atoms with van der Waals surface area (Å²) in [6, 6.07) is 0.707. The van der Waals surface area contributed by atoms with Gasteiger partial charge in [-0.25, -0.2) is 4.72 Å². The number of nitrogens with one attached hydrogen (secondary N) is 2. The Bertz CT molecular complexity index is 418. The summed E-state index contributed by atoms with van der Waals surface area (Å²) >= 11 is 0. The molecule has 116 valence electrons. The van der Waals surface area contributed by atoms with Crippen LogP contribution in [0.2, 0.25) is 0 Å². The van der Waals surface area contributed by atoms with E-state index in [-0.39, 0.29) is 0 Å². The molecule has 1 aliphatic heterocycles. The molecule has 20 heavy (non-hydrogen) atoms. The lowest BCUT2D eigenvalue weighted by molar-refractivity contribution is 0.253. The molecule has 1 saturated heterocycles. The van der Waals surface area contributed by atoms with E-state index in [1.54, 1.807) is 4.31 Å². The molecule has 3 fully saturated rings. The fourth-order valence-corrected chi connectivity index (χ4v) is 4.45. The Balaban J connectivity index is 1.46. The maximum atomic E-state index is 12.3. The normalized spacial score (nSPS) is 29.3. The van der Waals surface area contributed by atoms with E-state index in [1.807, 2.05) is 0 Å². The number of hydrogen-bond acceptors (Lipinski definition) is 3. The molecule has 5 nitrogen and oxygen atoms in total. The summed E-state index contributed by atoms with van der Waals surface area (Å²) in [5.74, 6) is 1.05. The Kier molecular flexibility index (Phi) is 4.65. The summed E-state index contributed by atoms with van der Waals surface area (Å²) in [5, 5.41) is 3.52. The largest absolute Gasteiger partial charge is 0.314 e. The molecule has 3 rings (SSSR count). The third kappa shape index (κ3) is 3.93. The molecule has 0 amide bonds. The van der Waals surface area contributed by atoms with Crippen molar-refractivity contribution < 1.29 is 8.42 Å². The second-order valence-corrected chi connectivity index (χ2v) is 8.45. The molecule has 0 aromatic heterocycles. The average Bonchev–Trinajstić information content (AvgIpc) is 3.19. The van der Waals surface area contributed by atoms with Gasteiger partial charge in [0.2, 0.25) is 0 Å². The minimum atomic E-state index is -3.25. The summed E-state index contributed by atoms with van der Waals surface area (Å²) in [6.45, 7) is 2.96. The molecule has 0 spiro atoms. The monoisotopic (exact) mass is 301 g/mol. The Hall–Kier alpha value is -0.170. The molecule has 0 aromatic rings. The van der Waals surface area contributed by atoms with Crippen molar-refractivity contribution in [3.8, 4) is 0 Å². The summed E-state index contributed by atoms with van der Waals surface area (Å²) in [5.41, 5.74) is 0. The van der Waals surface area contributed by atoms with Gasteiger partial charge in [-0.15, -0.1) is 0 Å². The number of nitrogens with zero attached hydrogens (tertiary/aromatic N) is 1. The van der Waals surface area contributed by atoms with Crippen LogP contribution in [-0.2, 0) is 10.2 Å². The summed E-state index contributed by atoms with van der Waals surface area (Å²) in [7, 11) is -3.25.